The minimum absolute atomic E-state index is 0.210. The number of aromatic nitrogens is 1. The van der Waals surface area contributed by atoms with Crippen LogP contribution in [0.5, 0.6) is 0 Å². The Morgan fingerprint density at radius 1 is 1.20 bits per heavy atom. The van der Waals surface area contributed by atoms with Crippen molar-refractivity contribution in [2.75, 3.05) is 5.32 Å². The summed E-state index contributed by atoms with van der Waals surface area (Å²) in [5, 5.41) is 7.03. The first-order valence-corrected chi connectivity index (χ1v) is 7.15. The van der Waals surface area contributed by atoms with E-state index in [0.29, 0.717) is 5.11 Å². The van der Waals surface area contributed by atoms with Gasteiger partial charge in [0.1, 0.15) is 5.82 Å². The van der Waals surface area contributed by atoms with E-state index in [2.05, 4.69) is 34.7 Å². The zero-order valence-electron chi connectivity index (χ0n) is 11.8. The molecule has 0 fully saturated rings. The number of nitrogens with one attached hydrogen (secondary N) is 2. The minimum Gasteiger partial charge on any atom is -0.356 e. The summed E-state index contributed by atoms with van der Waals surface area (Å²) in [4.78, 5) is 4.29. The Hall–Kier alpha value is -1.94. The normalized spacial score (nSPS) is 11.7. The van der Waals surface area contributed by atoms with Gasteiger partial charge in [-0.2, -0.15) is 0 Å². The fourth-order valence-electron chi connectivity index (χ4n) is 1.96. The Bertz CT molecular complexity index is 552. The average Bonchev–Trinajstić information content (AvgIpc) is 2.48. The lowest BCUT2D eigenvalue weighted by atomic mass is 10.1. The molecule has 3 nitrogen and oxygen atoms in total. The minimum atomic E-state index is 0.210. The topological polar surface area (TPSA) is 37.0 Å². The number of thiocarbonyl (C=S) groups is 1. The monoisotopic (exact) mass is 285 g/mol. The Labute approximate surface area is 125 Å². The summed E-state index contributed by atoms with van der Waals surface area (Å²) >= 11 is 5.35. The second-order valence-corrected chi connectivity index (χ2v) is 5.10. The number of benzene rings is 1. The summed E-state index contributed by atoms with van der Waals surface area (Å²) in [5.41, 5.74) is 2.36. The molecule has 0 aliphatic carbocycles. The van der Waals surface area contributed by atoms with Crippen LogP contribution in [-0.2, 0) is 0 Å². The molecule has 0 aliphatic rings. The molecule has 20 heavy (non-hydrogen) atoms. The van der Waals surface area contributed by atoms with Gasteiger partial charge in [0.15, 0.2) is 5.11 Å². The third kappa shape index (κ3) is 4.03. The molecule has 2 N–H and O–H groups in total. The summed E-state index contributed by atoms with van der Waals surface area (Å²) in [6.07, 6.45) is 2.78. The second kappa shape index (κ2) is 7.01. The zero-order chi connectivity index (χ0) is 14.4. The van der Waals surface area contributed by atoms with Gasteiger partial charge in [0, 0.05) is 6.20 Å². The molecule has 1 heterocycles. The molecule has 0 spiro atoms. The van der Waals surface area contributed by atoms with Crippen molar-refractivity contribution in [1.82, 2.24) is 10.3 Å². The van der Waals surface area contributed by atoms with Gasteiger partial charge in [-0.25, -0.2) is 4.98 Å². The molecule has 1 aromatic heterocycles. The average molecular weight is 285 g/mol. The summed E-state index contributed by atoms with van der Waals surface area (Å²) in [5.74, 6) is 0.760. The molecule has 0 saturated heterocycles. The van der Waals surface area contributed by atoms with Crippen molar-refractivity contribution in [3.8, 4) is 0 Å². The Kier molecular flexibility index (Phi) is 5.07. The predicted molar refractivity (Wildman–Crippen MR) is 87.8 cm³/mol. The van der Waals surface area contributed by atoms with Crippen molar-refractivity contribution in [3.05, 3.63) is 59.8 Å². The smallest absolute Gasteiger partial charge is 0.172 e. The van der Waals surface area contributed by atoms with E-state index in [1.165, 1.54) is 5.56 Å². The van der Waals surface area contributed by atoms with Crippen LogP contribution in [0.3, 0.4) is 0 Å². The highest BCUT2D eigenvalue weighted by atomic mass is 32.1. The molecule has 1 aromatic carbocycles. The van der Waals surface area contributed by atoms with Crippen LogP contribution in [0.2, 0.25) is 0 Å². The number of nitrogens with zero attached hydrogens (tertiary/aromatic N) is 1. The van der Waals surface area contributed by atoms with Gasteiger partial charge in [-0.15, -0.1) is 0 Å². The van der Waals surface area contributed by atoms with Crippen LogP contribution in [0.4, 0.5) is 5.82 Å². The van der Waals surface area contributed by atoms with Crippen molar-refractivity contribution in [2.24, 2.45) is 0 Å². The van der Waals surface area contributed by atoms with E-state index < -0.39 is 0 Å². The molecule has 0 radical (unpaired) electrons. The molecule has 2 rings (SSSR count). The highest BCUT2D eigenvalue weighted by Gasteiger charge is 2.10. The lowest BCUT2D eigenvalue weighted by Crippen LogP contribution is -2.32. The molecule has 0 unspecified atom stereocenters. The lowest BCUT2D eigenvalue weighted by Gasteiger charge is -2.19. The third-order valence-corrected chi connectivity index (χ3v) is 3.29. The summed E-state index contributed by atoms with van der Waals surface area (Å²) in [6, 6.07) is 14.4. The summed E-state index contributed by atoms with van der Waals surface area (Å²) in [6.45, 7) is 4.15. The van der Waals surface area contributed by atoms with Crippen molar-refractivity contribution in [2.45, 2.75) is 26.3 Å². The van der Waals surface area contributed by atoms with Crippen LogP contribution in [0.15, 0.2) is 48.7 Å². The van der Waals surface area contributed by atoms with Crippen molar-refractivity contribution < 1.29 is 0 Å². The van der Waals surface area contributed by atoms with Crippen LogP contribution < -0.4 is 10.6 Å². The number of hydrogen-bond acceptors (Lipinski definition) is 2. The summed E-state index contributed by atoms with van der Waals surface area (Å²) in [7, 11) is 0. The van der Waals surface area contributed by atoms with E-state index in [4.69, 9.17) is 12.2 Å². The maximum Gasteiger partial charge on any atom is 0.172 e. The zero-order valence-corrected chi connectivity index (χ0v) is 12.6. The molecule has 2 aromatic rings. The quantitative estimate of drug-likeness (QED) is 0.837. The molecule has 1 atom stereocenters. The van der Waals surface area contributed by atoms with Gasteiger partial charge in [0.25, 0.3) is 0 Å². The van der Waals surface area contributed by atoms with Crippen LogP contribution in [-0.4, -0.2) is 10.1 Å². The Balaban J connectivity index is 1.97. The van der Waals surface area contributed by atoms with E-state index in [0.717, 1.165) is 17.8 Å². The first-order chi connectivity index (χ1) is 9.69. The number of aryl methyl sites for hydroxylation is 1. The van der Waals surface area contributed by atoms with Gasteiger partial charge in [-0.05, 0) is 42.8 Å². The first-order valence-electron chi connectivity index (χ1n) is 6.74. The van der Waals surface area contributed by atoms with Crippen molar-refractivity contribution >= 4 is 23.1 Å². The van der Waals surface area contributed by atoms with Crippen LogP contribution >= 0.6 is 12.2 Å². The van der Waals surface area contributed by atoms with E-state index in [1.54, 1.807) is 0 Å². The van der Waals surface area contributed by atoms with Crippen LogP contribution in [0.25, 0.3) is 0 Å². The molecule has 0 amide bonds. The van der Waals surface area contributed by atoms with Gasteiger partial charge in [0.05, 0.1) is 6.04 Å². The van der Waals surface area contributed by atoms with E-state index in [9.17, 15) is 0 Å². The molecule has 0 aliphatic heterocycles. The molecule has 4 heteroatoms. The van der Waals surface area contributed by atoms with Gasteiger partial charge in [-0.1, -0.05) is 43.3 Å². The van der Waals surface area contributed by atoms with Gasteiger partial charge >= 0.3 is 0 Å². The van der Waals surface area contributed by atoms with E-state index >= 15 is 0 Å². The maximum atomic E-state index is 5.35. The fourth-order valence-corrected chi connectivity index (χ4v) is 2.21. The molecule has 0 saturated carbocycles. The Morgan fingerprint density at radius 3 is 2.55 bits per heavy atom. The van der Waals surface area contributed by atoms with Gasteiger partial charge in [0.2, 0.25) is 0 Å². The lowest BCUT2D eigenvalue weighted by molar-refractivity contribution is 0.629. The second-order valence-electron chi connectivity index (χ2n) is 4.69. The largest absolute Gasteiger partial charge is 0.356 e. The van der Waals surface area contributed by atoms with Crippen LogP contribution in [0, 0.1) is 6.92 Å². The molecular weight excluding hydrogens is 266 g/mol. The number of rotatable bonds is 4. The number of anilines is 1. The molecule has 104 valence electrons. The number of pyridine rings is 1. The molecule has 0 bridgehead atoms. The highest BCUT2D eigenvalue weighted by Crippen LogP contribution is 2.16. The third-order valence-electron chi connectivity index (χ3n) is 3.07. The highest BCUT2D eigenvalue weighted by molar-refractivity contribution is 7.80. The van der Waals surface area contributed by atoms with Gasteiger partial charge < -0.3 is 10.6 Å². The fraction of sp³-hybridized carbons (Fsp3) is 0.250. The number of hydrogen-bond donors (Lipinski definition) is 2. The van der Waals surface area contributed by atoms with Gasteiger partial charge in [-0.3, -0.25) is 0 Å². The SMILES string of the molecule is CC[C@@H](NC(=S)Nc1ccc(C)cn1)c1ccccc1. The predicted octanol–water partition coefficient (Wildman–Crippen LogP) is 3.83. The maximum absolute atomic E-state index is 5.35. The molecular formula is C16H19N3S. The Morgan fingerprint density at radius 2 is 1.95 bits per heavy atom. The van der Waals surface area contributed by atoms with E-state index in [-0.39, 0.29) is 6.04 Å². The first kappa shape index (κ1) is 14.5. The van der Waals surface area contributed by atoms with Crippen molar-refractivity contribution in [1.29, 1.82) is 0 Å². The standard InChI is InChI=1S/C16H19N3S/c1-3-14(13-7-5-4-6-8-13)18-16(20)19-15-10-9-12(2)11-17-15/h4-11,14H,3H2,1-2H3,(H2,17,18,19,20)/t14-/m1/s1. The van der Waals surface area contributed by atoms with Crippen molar-refractivity contribution in [3.63, 3.8) is 0 Å². The summed E-state index contributed by atoms with van der Waals surface area (Å²) < 4.78 is 0. The van der Waals surface area contributed by atoms with Crippen LogP contribution in [0.1, 0.15) is 30.5 Å². The van der Waals surface area contributed by atoms with E-state index in [1.807, 2.05) is 43.5 Å².